The molecule has 1 amide bonds. The first-order chi connectivity index (χ1) is 16.7. The Hall–Kier alpha value is -3.18. The van der Waals surface area contributed by atoms with E-state index in [0.29, 0.717) is 18.8 Å². The van der Waals surface area contributed by atoms with Crippen molar-refractivity contribution < 1.29 is 4.79 Å². The van der Waals surface area contributed by atoms with E-state index in [1.165, 1.54) is 16.7 Å². The summed E-state index contributed by atoms with van der Waals surface area (Å²) >= 11 is 3.58. The summed E-state index contributed by atoms with van der Waals surface area (Å²) in [5, 5.41) is 0. The average Bonchev–Trinajstić information content (AvgIpc) is 3.61. The van der Waals surface area contributed by atoms with Crippen LogP contribution in [0.5, 0.6) is 0 Å². The number of likely N-dealkylation sites (tertiary alicyclic amines) is 1. The van der Waals surface area contributed by atoms with Gasteiger partial charge in [0.1, 0.15) is 5.82 Å². The SMILES string of the molecule is O=C(CCC1(c2ccc(Br)cc2)c2ccccc2-c2nccn21)N1CCC(c2ccccc2)C1. The molecule has 4 nitrogen and oxygen atoms in total. The number of carbonyl (C=O) groups excluding carboxylic acids is 1. The highest BCUT2D eigenvalue weighted by atomic mass is 79.9. The number of hydrogen-bond acceptors (Lipinski definition) is 2. The smallest absolute Gasteiger partial charge is 0.222 e. The van der Waals surface area contributed by atoms with E-state index in [2.05, 4.69) is 109 Å². The molecule has 0 aliphatic carbocycles. The first-order valence-electron chi connectivity index (χ1n) is 11.9. The summed E-state index contributed by atoms with van der Waals surface area (Å²) in [6.45, 7) is 1.64. The molecule has 2 atom stereocenters. The first-order valence-corrected chi connectivity index (χ1v) is 12.7. The van der Waals surface area contributed by atoms with Crippen molar-refractivity contribution in [2.75, 3.05) is 13.1 Å². The van der Waals surface area contributed by atoms with Crippen molar-refractivity contribution in [3.05, 3.63) is 112 Å². The molecule has 2 aliphatic heterocycles. The van der Waals surface area contributed by atoms with Crippen LogP contribution in [-0.2, 0) is 10.3 Å². The molecular weight excluding hydrogens is 486 g/mol. The second-order valence-corrected chi connectivity index (χ2v) is 10.2. The second kappa shape index (κ2) is 8.55. The number of rotatable bonds is 5. The Kier molecular flexibility index (Phi) is 5.37. The predicted molar refractivity (Wildman–Crippen MR) is 138 cm³/mol. The van der Waals surface area contributed by atoms with Crippen LogP contribution in [0.15, 0.2) is 95.7 Å². The zero-order valence-corrected chi connectivity index (χ0v) is 20.5. The molecule has 0 saturated carbocycles. The molecule has 1 saturated heterocycles. The fourth-order valence-corrected chi connectivity index (χ4v) is 6.09. The van der Waals surface area contributed by atoms with Gasteiger partial charge < -0.3 is 9.47 Å². The average molecular weight is 512 g/mol. The minimum absolute atomic E-state index is 0.237. The number of hydrogen-bond donors (Lipinski definition) is 0. The summed E-state index contributed by atoms with van der Waals surface area (Å²) < 4.78 is 3.31. The van der Waals surface area contributed by atoms with Gasteiger partial charge in [-0.25, -0.2) is 4.98 Å². The van der Waals surface area contributed by atoms with Gasteiger partial charge in [-0.05, 0) is 41.7 Å². The van der Waals surface area contributed by atoms with Gasteiger partial charge in [-0.15, -0.1) is 0 Å². The molecule has 2 aliphatic rings. The van der Waals surface area contributed by atoms with Crippen LogP contribution in [0, 0.1) is 0 Å². The van der Waals surface area contributed by atoms with Crippen molar-refractivity contribution in [1.82, 2.24) is 14.5 Å². The number of carbonyl (C=O) groups is 1. The summed E-state index contributed by atoms with van der Waals surface area (Å²) in [5.74, 6) is 1.63. The van der Waals surface area contributed by atoms with E-state index in [-0.39, 0.29) is 5.91 Å². The number of imidazole rings is 1. The molecule has 0 radical (unpaired) electrons. The number of aromatic nitrogens is 2. The van der Waals surface area contributed by atoms with Gasteiger partial charge in [-0.3, -0.25) is 4.79 Å². The van der Waals surface area contributed by atoms with Crippen LogP contribution in [-0.4, -0.2) is 33.4 Å². The molecule has 34 heavy (non-hydrogen) atoms. The van der Waals surface area contributed by atoms with E-state index >= 15 is 0 Å². The van der Waals surface area contributed by atoms with Gasteiger partial charge in [0.25, 0.3) is 0 Å². The molecule has 3 aromatic carbocycles. The third-order valence-electron chi connectivity index (χ3n) is 7.50. The molecule has 0 bridgehead atoms. The van der Waals surface area contributed by atoms with Gasteiger partial charge in [0.05, 0.1) is 5.54 Å². The lowest BCUT2D eigenvalue weighted by molar-refractivity contribution is -0.130. The van der Waals surface area contributed by atoms with Crippen molar-refractivity contribution in [3.63, 3.8) is 0 Å². The fourth-order valence-electron chi connectivity index (χ4n) is 5.83. The zero-order chi connectivity index (χ0) is 23.1. The Morgan fingerprint density at radius 1 is 1.00 bits per heavy atom. The quantitative estimate of drug-likeness (QED) is 0.319. The number of fused-ring (bicyclic) bond motifs is 3. The highest BCUT2D eigenvalue weighted by molar-refractivity contribution is 9.10. The monoisotopic (exact) mass is 511 g/mol. The summed E-state index contributed by atoms with van der Waals surface area (Å²) in [6.07, 6.45) is 6.14. The van der Waals surface area contributed by atoms with E-state index in [4.69, 9.17) is 0 Å². The Balaban J connectivity index is 1.31. The summed E-state index contributed by atoms with van der Waals surface area (Å²) in [4.78, 5) is 20.2. The molecule has 1 fully saturated rings. The Morgan fingerprint density at radius 3 is 2.59 bits per heavy atom. The van der Waals surface area contributed by atoms with Crippen LogP contribution < -0.4 is 0 Å². The third kappa shape index (κ3) is 3.41. The standard InChI is InChI=1S/C29H26BrN3O/c30-24-12-10-23(11-13-24)29(26-9-5-4-8-25(26)28-31-17-19-33(28)29)16-14-27(34)32-18-15-22(20-32)21-6-2-1-3-7-21/h1-13,17,19,22H,14-16,18,20H2. The molecule has 0 N–H and O–H groups in total. The van der Waals surface area contributed by atoms with Gasteiger partial charge in [0.15, 0.2) is 0 Å². The maximum absolute atomic E-state index is 13.5. The molecule has 6 rings (SSSR count). The van der Waals surface area contributed by atoms with Gasteiger partial charge in [0.2, 0.25) is 5.91 Å². The minimum atomic E-state index is -0.447. The third-order valence-corrected chi connectivity index (χ3v) is 8.03. The number of benzene rings is 3. The molecule has 2 unspecified atom stereocenters. The van der Waals surface area contributed by atoms with Gasteiger partial charge in [-0.2, -0.15) is 0 Å². The maximum Gasteiger partial charge on any atom is 0.222 e. The van der Waals surface area contributed by atoms with Gasteiger partial charge in [0, 0.05) is 47.9 Å². The van der Waals surface area contributed by atoms with Crippen molar-refractivity contribution in [2.45, 2.75) is 30.7 Å². The van der Waals surface area contributed by atoms with Crippen molar-refractivity contribution in [3.8, 4) is 11.4 Å². The number of halogens is 1. The Bertz CT molecular complexity index is 1330. The zero-order valence-electron chi connectivity index (χ0n) is 18.9. The fraction of sp³-hybridized carbons (Fsp3) is 0.241. The van der Waals surface area contributed by atoms with E-state index in [0.717, 1.165) is 35.4 Å². The van der Waals surface area contributed by atoms with Gasteiger partial charge >= 0.3 is 0 Å². The van der Waals surface area contributed by atoms with Gasteiger partial charge in [-0.1, -0.05) is 82.7 Å². The molecule has 5 heteroatoms. The number of amides is 1. The van der Waals surface area contributed by atoms with Crippen LogP contribution >= 0.6 is 15.9 Å². The van der Waals surface area contributed by atoms with E-state index in [1.807, 2.05) is 12.3 Å². The summed E-state index contributed by atoms with van der Waals surface area (Å²) in [7, 11) is 0. The van der Waals surface area contributed by atoms with Crippen LogP contribution in [0.3, 0.4) is 0 Å². The summed E-state index contributed by atoms with van der Waals surface area (Å²) in [5.41, 5.74) is 4.43. The topological polar surface area (TPSA) is 38.1 Å². The second-order valence-electron chi connectivity index (χ2n) is 9.27. The molecule has 0 spiro atoms. The highest BCUT2D eigenvalue weighted by Gasteiger charge is 2.45. The van der Waals surface area contributed by atoms with E-state index in [9.17, 15) is 4.79 Å². The van der Waals surface area contributed by atoms with Crippen molar-refractivity contribution in [1.29, 1.82) is 0 Å². The Labute approximate surface area is 208 Å². The van der Waals surface area contributed by atoms with Crippen LogP contribution in [0.25, 0.3) is 11.4 Å². The maximum atomic E-state index is 13.5. The summed E-state index contributed by atoms with van der Waals surface area (Å²) in [6, 6.07) is 27.6. The number of nitrogens with zero attached hydrogens (tertiary/aromatic N) is 3. The van der Waals surface area contributed by atoms with Crippen molar-refractivity contribution >= 4 is 21.8 Å². The largest absolute Gasteiger partial charge is 0.342 e. The lowest BCUT2D eigenvalue weighted by Crippen LogP contribution is -2.36. The first kappa shape index (κ1) is 21.4. The van der Waals surface area contributed by atoms with Crippen LogP contribution in [0.4, 0.5) is 0 Å². The normalized spacial score (nSPS) is 20.9. The molecule has 3 heterocycles. The predicted octanol–water partition coefficient (Wildman–Crippen LogP) is 6.21. The van der Waals surface area contributed by atoms with Crippen molar-refractivity contribution in [2.24, 2.45) is 0 Å². The lowest BCUT2D eigenvalue weighted by atomic mass is 9.79. The van der Waals surface area contributed by atoms with E-state index in [1.54, 1.807) is 0 Å². The molecular formula is C29H26BrN3O. The minimum Gasteiger partial charge on any atom is -0.342 e. The molecule has 1 aromatic heterocycles. The molecule has 4 aromatic rings. The highest BCUT2D eigenvalue weighted by Crippen LogP contribution is 2.49. The van der Waals surface area contributed by atoms with Crippen LogP contribution in [0.2, 0.25) is 0 Å². The molecule has 170 valence electrons. The van der Waals surface area contributed by atoms with Crippen LogP contribution in [0.1, 0.15) is 41.9 Å². The Morgan fingerprint density at radius 2 is 1.76 bits per heavy atom. The lowest BCUT2D eigenvalue weighted by Gasteiger charge is -2.34. The van der Waals surface area contributed by atoms with E-state index < -0.39 is 5.54 Å².